The van der Waals surface area contributed by atoms with Gasteiger partial charge in [0.2, 0.25) is 5.88 Å². The van der Waals surface area contributed by atoms with Crippen LogP contribution in [0.3, 0.4) is 0 Å². The van der Waals surface area contributed by atoms with Crippen LogP contribution in [-0.4, -0.2) is 33.5 Å². The highest BCUT2D eigenvalue weighted by Gasteiger charge is 2.19. The fourth-order valence-electron chi connectivity index (χ4n) is 2.62. The van der Waals surface area contributed by atoms with Crippen molar-refractivity contribution in [3.05, 3.63) is 46.9 Å². The number of halogens is 1. The lowest BCUT2D eigenvalue weighted by atomic mass is 10.1. The van der Waals surface area contributed by atoms with Gasteiger partial charge in [0.15, 0.2) is 0 Å². The van der Waals surface area contributed by atoms with Gasteiger partial charge >= 0.3 is 0 Å². The van der Waals surface area contributed by atoms with Crippen molar-refractivity contribution in [3.63, 3.8) is 0 Å². The number of pyridine rings is 1. The van der Waals surface area contributed by atoms with E-state index in [1.54, 1.807) is 7.11 Å². The molecule has 5 nitrogen and oxygen atoms in total. The summed E-state index contributed by atoms with van der Waals surface area (Å²) in [4.78, 5) is 14.9. The molecule has 0 N–H and O–H groups in total. The van der Waals surface area contributed by atoms with Gasteiger partial charge in [-0.3, -0.25) is 4.90 Å². The first-order valence-electron chi connectivity index (χ1n) is 6.88. The summed E-state index contributed by atoms with van der Waals surface area (Å²) in [7, 11) is 1.55. The fourth-order valence-corrected chi connectivity index (χ4v) is 2.62. The van der Waals surface area contributed by atoms with Gasteiger partial charge in [0.05, 0.1) is 13.3 Å². The van der Waals surface area contributed by atoms with Gasteiger partial charge < -0.3 is 4.74 Å². The average Bonchev–Trinajstić information content (AvgIpc) is 2.48. The Labute approximate surface area is 122 Å². The molecule has 0 saturated carbocycles. The number of aryl methyl sites for hydroxylation is 1. The first kappa shape index (κ1) is 13.9. The summed E-state index contributed by atoms with van der Waals surface area (Å²) in [5.74, 6) is 0.933. The minimum absolute atomic E-state index is 0.345. The van der Waals surface area contributed by atoms with E-state index in [4.69, 9.17) is 4.74 Å². The van der Waals surface area contributed by atoms with Crippen LogP contribution in [-0.2, 0) is 19.5 Å². The maximum atomic E-state index is 13.4. The van der Waals surface area contributed by atoms with Crippen molar-refractivity contribution >= 4 is 0 Å². The highest BCUT2D eigenvalue weighted by molar-refractivity contribution is 5.27. The van der Waals surface area contributed by atoms with Crippen molar-refractivity contribution in [2.75, 3.05) is 13.7 Å². The normalized spacial score (nSPS) is 14.8. The molecule has 3 heterocycles. The van der Waals surface area contributed by atoms with Gasteiger partial charge in [0.1, 0.15) is 11.6 Å². The Morgan fingerprint density at radius 1 is 1.33 bits per heavy atom. The molecule has 0 fully saturated rings. The summed E-state index contributed by atoms with van der Waals surface area (Å²) < 4.78 is 18.6. The number of rotatable bonds is 3. The summed E-state index contributed by atoms with van der Waals surface area (Å²) in [6.45, 7) is 4.13. The molecule has 0 aliphatic carbocycles. The minimum atomic E-state index is -0.345. The zero-order chi connectivity index (χ0) is 14.8. The molecule has 1 aliphatic heterocycles. The van der Waals surface area contributed by atoms with Crippen LogP contribution < -0.4 is 4.74 Å². The van der Waals surface area contributed by atoms with E-state index in [0.717, 1.165) is 42.2 Å². The third-order valence-electron chi connectivity index (χ3n) is 3.61. The van der Waals surface area contributed by atoms with E-state index in [1.165, 1.54) is 12.3 Å². The van der Waals surface area contributed by atoms with Crippen molar-refractivity contribution < 1.29 is 9.13 Å². The molecule has 0 aromatic carbocycles. The largest absolute Gasteiger partial charge is 0.481 e. The van der Waals surface area contributed by atoms with Crippen LogP contribution in [0.2, 0.25) is 0 Å². The molecule has 0 amide bonds. The van der Waals surface area contributed by atoms with Crippen LogP contribution in [0.4, 0.5) is 4.39 Å². The van der Waals surface area contributed by atoms with Gasteiger partial charge in [0.25, 0.3) is 0 Å². The smallest absolute Gasteiger partial charge is 0.217 e. The van der Waals surface area contributed by atoms with Crippen molar-refractivity contribution in [1.29, 1.82) is 0 Å². The van der Waals surface area contributed by atoms with Crippen LogP contribution in [0.25, 0.3) is 0 Å². The van der Waals surface area contributed by atoms with Gasteiger partial charge in [-0.2, -0.15) is 0 Å². The Morgan fingerprint density at radius 3 is 3.00 bits per heavy atom. The van der Waals surface area contributed by atoms with Gasteiger partial charge in [-0.15, -0.1) is 0 Å². The summed E-state index contributed by atoms with van der Waals surface area (Å²) in [5.41, 5.74) is 3.01. The van der Waals surface area contributed by atoms with E-state index < -0.39 is 0 Å². The number of hydrogen-bond donors (Lipinski definition) is 0. The average molecular weight is 288 g/mol. The molecule has 3 rings (SSSR count). The van der Waals surface area contributed by atoms with E-state index in [1.807, 2.05) is 13.1 Å². The van der Waals surface area contributed by atoms with E-state index >= 15 is 0 Å². The first-order valence-corrected chi connectivity index (χ1v) is 6.88. The van der Waals surface area contributed by atoms with Crippen molar-refractivity contribution in [1.82, 2.24) is 19.9 Å². The second kappa shape index (κ2) is 5.73. The lowest BCUT2D eigenvalue weighted by molar-refractivity contribution is 0.237. The fraction of sp³-hybridized carbons (Fsp3) is 0.400. The summed E-state index contributed by atoms with van der Waals surface area (Å²) in [6.07, 6.45) is 3.93. The minimum Gasteiger partial charge on any atom is -0.481 e. The van der Waals surface area contributed by atoms with E-state index in [2.05, 4.69) is 19.9 Å². The topological polar surface area (TPSA) is 51.1 Å². The molecule has 0 spiro atoms. The third-order valence-corrected chi connectivity index (χ3v) is 3.61. The Bertz CT molecular complexity index is 662. The van der Waals surface area contributed by atoms with Crippen LogP contribution in [0, 0.1) is 12.7 Å². The molecule has 1 aliphatic rings. The lowest BCUT2D eigenvalue weighted by Crippen LogP contribution is -2.31. The number of nitrogens with zero attached hydrogens (tertiary/aromatic N) is 4. The highest BCUT2D eigenvalue weighted by Crippen LogP contribution is 2.22. The molecular weight excluding hydrogens is 271 g/mol. The molecule has 2 aromatic rings. The summed E-state index contributed by atoms with van der Waals surface area (Å²) >= 11 is 0. The monoisotopic (exact) mass is 288 g/mol. The zero-order valence-electron chi connectivity index (χ0n) is 12.1. The molecule has 110 valence electrons. The highest BCUT2D eigenvalue weighted by atomic mass is 19.1. The SMILES string of the molecule is COc1ncc(F)cc1CN1CCc2nc(C)ncc2C1. The molecule has 0 radical (unpaired) electrons. The van der Waals surface area contributed by atoms with Crippen LogP contribution in [0.1, 0.15) is 22.6 Å². The molecule has 0 bridgehead atoms. The molecule has 0 unspecified atom stereocenters. The predicted molar refractivity (Wildman–Crippen MR) is 75.3 cm³/mol. The predicted octanol–water partition coefficient (Wildman–Crippen LogP) is 1.89. The van der Waals surface area contributed by atoms with Crippen molar-refractivity contribution in [2.24, 2.45) is 0 Å². The molecule has 0 atom stereocenters. The Hall–Kier alpha value is -2.08. The van der Waals surface area contributed by atoms with E-state index in [-0.39, 0.29) is 5.82 Å². The van der Waals surface area contributed by atoms with Crippen LogP contribution >= 0.6 is 0 Å². The van der Waals surface area contributed by atoms with Gasteiger partial charge in [-0.25, -0.2) is 19.3 Å². The summed E-state index contributed by atoms with van der Waals surface area (Å²) in [6, 6.07) is 1.48. The number of methoxy groups -OCH3 is 1. The molecule has 2 aromatic heterocycles. The Kier molecular flexibility index (Phi) is 3.79. The molecule has 6 heteroatoms. The van der Waals surface area contributed by atoms with Gasteiger partial charge in [-0.1, -0.05) is 0 Å². The lowest BCUT2D eigenvalue weighted by Gasteiger charge is -2.28. The number of ether oxygens (including phenoxy) is 1. The zero-order valence-corrected chi connectivity index (χ0v) is 12.1. The van der Waals surface area contributed by atoms with Crippen molar-refractivity contribution in [2.45, 2.75) is 26.4 Å². The number of hydrogen-bond acceptors (Lipinski definition) is 5. The molecule has 21 heavy (non-hydrogen) atoms. The maximum absolute atomic E-state index is 13.4. The summed E-state index contributed by atoms with van der Waals surface area (Å²) in [5, 5.41) is 0. The van der Waals surface area contributed by atoms with E-state index in [9.17, 15) is 4.39 Å². The molecular formula is C15H17FN4O. The first-order chi connectivity index (χ1) is 10.2. The maximum Gasteiger partial charge on any atom is 0.217 e. The van der Waals surface area contributed by atoms with E-state index in [0.29, 0.717) is 12.4 Å². The second-order valence-electron chi connectivity index (χ2n) is 5.17. The Morgan fingerprint density at radius 2 is 2.19 bits per heavy atom. The third kappa shape index (κ3) is 3.00. The second-order valence-corrected chi connectivity index (χ2v) is 5.17. The quantitative estimate of drug-likeness (QED) is 0.863. The van der Waals surface area contributed by atoms with Crippen molar-refractivity contribution in [3.8, 4) is 5.88 Å². The number of aromatic nitrogens is 3. The number of fused-ring (bicyclic) bond motifs is 1. The van der Waals surface area contributed by atoms with Gasteiger partial charge in [0, 0.05) is 49.1 Å². The van der Waals surface area contributed by atoms with Crippen LogP contribution in [0.5, 0.6) is 5.88 Å². The Balaban J connectivity index is 1.78. The van der Waals surface area contributed by atoms with Crippen LogP contribution in [0.15, 0.2) is 18.5 Å². The van der Waals surface area contributed by atoms with Gasteiger partial charge in [-0.05, 0) is 13.0 Å². The molecule has 0 saturated heterocycles. The standard InChI is InChI=1S/C15H17FN4O/c1-10-17-6-12-9-20(4-3-14(12)19-10)8-11-5-13(16)7-18-15(11)21-2/h5-7H,3-4,8-9H2,1-2H3.